The highest BCUT2D eigenvalue weighted by Crippen LogP contribution is 2.20. The number of aromatic nitrogens is 2. The largest absolute Gasteiger partial charge is 0.341 e. The first-order valence-electron chi connectivity index (χ1n) is 8.04. The average Bonchev–Trinajstić information content (AvgIpc) is 2.97. The van der Waals surface area contributed by atoms with Crippen molar-refractivity contribution < 1.29 is 14.4 Å². The maximum atomic E-state index is 12.2. The molecule has 1 fully saturated rings. The van der Waals surface area contributed by atoms with Crippen LogP contribution in [0.15, 0.2) is 12.5 Å². The molecule has 130 valence electrons. The third-order valence-corrected chi connectivity index (χ3v) is 3.96. The molecule has 0 radical (unpaired) electrons. The minimum absolute atomic E-state index is 0.0947. The number of rotatable bonds is 5. The van der Waals surface area contributed by atoms with Gasteiger partial charge in [0.25, 0.3) is 0 Å². The van der Waals surface area contributed by atoms with E-state index in [-0.39, 0.29) is 11.8 Å². The average molecular weight is 333 g/mol. The topological polar surface area (TPSA) is 95.5 Å². The van der Waals surface area contributed by atoms with Crippen molar-refractivity contribution in [2.45, 2.75) is 32.6 Å². The lowest BCUT2D eigenvalue weighted by Crippen LogP contribution is -2.41. The molecule has 8 nitrogen and oxygen atoms in total. The van der Waals surface area contributed by atoms with Crippen molar-refractivity contribution in [3.63, 3.8) is 0 Å². The lowest BCUT2D eigenvalue weighted by molar-refractivity contribution is -0.142. The molecule has 1 aromatic heterocycles. The second-order valence-electron chi connectivity index (χ2n) is 6.14. The third-order valence-electron chi connectivity index (χ3n) is 3.96. The number of carbonyl (C=O) groups excluding carboxylic acids is 3. The van der Waals surface area contributed by atoms with Gasteiger partial charge in [-0.15, -0.1) is 0 Å². The summed E-state index contributed by atoms with van der Waals surface area (Å²) in [6.45, 7) is 5.37. The Morgan fingerprint density at radius 1 is 1.42 bits per heavy atom. The summed E-state index contributed by atoms with van der Waals surface area (Å²) in [6, 6.07) is 0. The van der Waals surface area contributed by atoms with Crippen molar-refractivity contribution in [2.24, 2.45) is 0 Å². The van der Waals surface area contributed by atoms with Crippen LogP contribution in [-0.4, -0.2) is 64.2 Å². The van der Waals surface area contributed by atoms with Crippen molar-refractivity contribution in [1.29, 1.82) is 0 Å². The molecular weight excluding hydrogens is 310 g/mol. The van der Waals surface area contributed by atoms with Crippen LogP contribution in [-0.2, 0) is 14.4 Å². The summed E-state index contributed by atoms with van der Waals surface area (Å²) in [4.78, 5) is 47.0. The van der Waals surface area contributed by atoms with E-state index in [4.69, 9.17) is 0 Å². The number of anilines is 1. The molecule has 0 atom stereocenters. The first kappa shape index (κ1) is 17.8. The monoisotopic (exact) mass is 333 g/mol. The summed E-state index contributed by atoms with van der Waals surface area (Å²) >= 11 is 0. The zero-order chi connectivity index (χ0) is 17.7. The quantitative estimate of drug-likeness (QED) is 0.797. The molecule has 0 unspecified atom stereocenters. The molecule has 1 aliphatic heterocycles. The molecule has 3 amide bonds. The first-order chi connectivity index (χ1) is 11.4. The maximum absolute atomic E-state index is 12.2. The van der Waals surface area contributed by atoms with Gasteiger partial charge in [0.1, 0.15) is 6.33 Å². The van der Waals surface area contributed by atoms with Gasteiger partial charge in [0.2, 0.25) is 5.91 Å². The predicted octanol–water partition coefficient (Wildman–Crippen LogP) is 0.619. The Bertz CT molecular complexity index is 632. The molecule has 1 saturated heterocycles. The summed E-state index contributed by atoms with van der Waals surface area (Å²) in [7, 11) is 1.55. The minimum Gasteiger partial charge on any atom is -0.341 e. The molecule has 2 rings (SSSR count). The number of nitrogens with one attached hydrogen (secondary N) is 1. The molecule has 1 N–H and O–H groups in total. The van der Waals surface area contributed by atoms with Gasteiger partial charge < -0.3 is 15.1 Å². The van der Waals surface area contributed by atoms with Crippen LogP contribution in [0.4, 0.5) is 5.69 Å². The minimum atomic E-state index is -0.734. The fraction of sp³-hybridized carbons (Fsp3) is 0.562. The van der Waals surface area contributed by atoms with E-state index < -0.39 is 11.8 Å². The zero-order valence-electron chi connectivity index (χ0n) is 14.3. The third kappa shape index (κ3) is 4.27. The standard InChI is InChI=1S/C16H23N5O3/c1-11(2)14-12(9-17-10-18-14)19-15(23)16(24)20(3)7-8-21-6-4-5-13(21)22/h9-11H,4-8H2,1-3H3,(H,19,23). The highest BCUT2D eigenvalue weighted by Gasteiger charge is 2.24. The fourth-order valence-electron chi connectivity index (χ4n) is 2.56. The number of likely N-dealkylation sites (tertiary alicyclic amines) is 1. The van der Waals surface area contributed by atoms with Gasteiger partial charge in [-0.25, -0.2) is 9.97 Å². The Hall–Kier alpha value is -2.51. The van der Waals surface area contributed by atoms with Crippen LogP contribution in [0.2, 0.25) is 0 Å². The highest BCUT2D eigenvalue weighted by molar-refractivity contribution is 6.39. The molecule has 1 aliphatic rings. The smallest absolute Gasteiger partial charge is 0.313 e. The Morgan fingerprint density at radius 3 is 2.79 bits per heavy atom. The first-order valence-corrected chi connectivity index (χ1v) is 8.04. The van der Waals surface area contributed by atoms with Gasteiger partial charge in [-0.2, -0.15) is 0 Å². The van der Waals surface area contributed by atoms with Crippen LogP contribution < -0.4 is 5.32 Å². The lowest BCUT2D eigenvalue weighted by Gasteiger charge is -2.21. The summed E-state index contributed by atoms with van der Waals surface area (Å²) in [5.41, 5.74) is 1.12. The number of hydrogen-bond donors (Lipinski definition) is 1. The van der Waals surface area contributed by atoms with E-state index in [2.05, 4.69) is 15.3 Å². The molecule has 8 heteroatoms. The van der Waals surface area contributed by atoms with Gasteiger partial charge >= 0.3 is 11.8 Å². The van der Waals surface area contributed by atoms with Gasteiger partial charge in [-0.1, -0.05) is 13.8 Å². The van der Waals surface area contributed by atoms with Crippen LogP contribution >= 0.6 is 0 Å². The molecule has 1 aromatic rings. The van der Waals surface area contributed by atoms with Crippen molar-refractivity contribution in [3.8, 4) is 0 Å². The molecule has 0 aromatic carbocycles. The van der Waals surface area contributed by atoms with E-state index in [0.717, 1.165) is 6.42 Å². The number of nitrogens with zero attached hydrogens (tertiary/aromatic N) is 4. The van der Waals surface area contributed by atoms with Crippen molar-refractivity contribution in [1.82, 2.24) is 19.8 Å². The SMILES string of the molecule is CC(C)c1ncncc1NC(=O)C(=O)N(C)CCN1CCCC1=O. The number of hydrogen-bond acceptors (Lipinski definition) is 5. The van der Waals surface area contributed by atoms with Crippen LogP contribution in [0.25, 0.3) is 0 Å². The van der Waals surface area contributed by atoms with Gasteiger partial charge in [-0.3, -0.25) is 14.4 Å². The molecule has 0 aliphatic carbocycles. The Labute approximate surface area is 141 Å². The second kappa shape index (κ2) is 7.85. The molecule has 0 spiro atoms. The maximum Gasteiger partial charge on any atom is 0.313 e. The molecule has 2 heterocycles. The summed E-state index contributed by atoms with van der Waals surface area (Å²) in [5.74, 6) is -1.19. The van der Waals surface area contributed by atoms with E-state index >= 15 is 0 Å². The summed E-state index contributed by atoms with van der Waals surface area (Å²) < 4.78 is 0. The normalized spacial score (nSPS) is 14.2. The van der Waals surface area contributed by atoms with Crippen LogP contribution in [0.3, 0.4) is 0 Å². The molecular formula is C16H23N5O3. The molecule has 0 saturated carbocycles. The van der Waals surface area contributed by atoms with Crippen molar-refractivity contribution in [2.75, 3.05) is 32.0 Å². The fourth-order valence-corrected chi connectivity index (χ4v) is 2.56. The lowest BCUT2D eigenvalue weighted by atomic mass is 10.1. The van der Waals surface area contributed by atoms with E-state index in [1.807, 2.05) is 13.8 Å². The van der Waals surface area contributed by atoms with E-state index in [0.29, 0.717) is 37.4 Å². The Kier molecular flexibility index (Phi) is 5.83. The van der Waals surface area contributed by atoms with Crippen LogP contribution in [0.1, 0.15) is 38.3 Å². The summed E-state index contributed by atoms with van der Waals surface area (Å²) in [5, 5.41) is 2.57. The van der Waals surface area contributed by atoms with Crippen LogP contribution in [0, 0.1) is 0 Å². The van der Waals surface area contributed by atoms with Crippen molar-refractivity contribution >= 4 is 23.4 Å². The van der Waals surface area contributed by atoms with E-state index in [9.17, 15) is 14.4 Å². The van der Waals surface area contributed by atoms with Gasteiger partial charge in [0.15, 0.2) is 0 Å². The predicted molar refractivity (Wildman–Crippen MR) is 88.2 cm³/mol. The zero-order valence-corrected chi connectivity index (χ0v) is 14.3. The highest BCUT2D eigenvalue weighted by atomic mass is 16.2. The Morgan fingerprint density at radius 2 is 2.17 bits per heavy atom. The molecule has 0 bridgehead atoms. The van der Waals surface area contributed by atoms with Crippen molar-refractivity contribution in [3.05, 3.63) is 18.2 Å². The van der Waals surface area contributed by atoms with Gasteiger partial charge in [0.05, 0.1) is 17.6 Å². The Balaban J connectivity index is 1.92. The van der Waals surface area contributed by atoms with Gasteiger partial charge in [-0.05, 0) is 12.3 Å². The molecule has 24 heavy (non-hydrogen) atoms. The number of amides is 3. The van der Waals surface area contributed by atoms with E-state index in [1.165, 1.54) is 17.4 Å². The second-order valence-corrected chi connectivity index (χ2v) is 6.14. The van der Waals surface area contributed by atoms with E-state index in [1.54, 1.807) is 11.9 Å². The number of carbonyl (C=O) groups is 3. The van der Waals surface area contributed by atoms with Crippen LogP contribution in [0.5, 0.6) is 0 Å². The van der Waals surface area contributed by atoms with Gasteiger partial charge in [0, 0.05) is 33.1 Å². The summed E-state index contributed by atoms with van der Waals surface area (Å²) in [6.07, 6.45) is 4.30. The number of likely N-dealkylation sites (N-methyl/N-ethyl adjacent to an activating group) is 1.